The van der Waals surface area contributed by atoms with E-state index in [2.05, 4.69) is 4.74 Å². The first-order valence-electron chi connectivity index (χ1n) is 6.69. The molecule has 1 amide bonds. The molecule has 4 nitrogen and oxygen atoms in total. The van der Waals surface area contributed by atoms with Gasteiger partial charge in [-0.2, -0.15) is 0 Å². The average molecular weight is 320 g/mol. The minimum absolute atomic E-state index is 0.154. The maximum atomic E-state index is 10.8. The van der Waals surface area contributed by atoms with Crippen molar-refractivity contribution in [2.45, 2.75) is 12.8 Å². The van der Waals surface area contributed by atoms with Gasteiger partial charge in [0.15, 0.2) is 0 Å². The van der Waals surface area contributed by atoms with Crippen LogP contribution in [0.3, 0.4) is 0 Å². The fourth-order valence-electron chi connectivity index (χ4n) is 1.63. The number of primary amides is 1. The summed E-state index contributed by atoms with van der Waals surface area (Å²) in [5.74, 6) is -0.610. The topological polar surface area (TPSA) is 69.4 Å². The van der Waals surface area contributed by atoms with E-state index in [0.29, 0.717) is 17.0 Å². The maximum absolute atomic E-state index is 10.8. The number of halogens is 1. The Morgan fingerprint density at radius 1 is 1.09 bits per heavy atom. The van der Waals surface area contributed by atoms with Gasteiger partial charge in [0.05, 0.1) is 7.11 Å². The Hall–Kier alpha value is -2.33. The van der Waals surface area contributed by atoms with Crippen molar-refractivity contribution in [1.29, 1.82) is 0 Å². The molecule has 0 bridgehead atoms. The van der Waals surface area contributed by atoms with Crippen LogP contribution in [0.1, 0.15) is 22.3 Å². The number of carbonyl (C=O) groups is 2. The number of hydrogen-bond donors (Lipinski definition) is 1. The summed E-state index contributed by atoms with van der Waals surface area (Å²) in [6.07, 6.45) is 1.22. The third-order valence-corrected chi connectivity index (χ3v) is 3.03. The van der Waals surface area contributed by atoms with Gasteiger partial charge in [-0.3, -0.25) is 9.59 Å². The Balaban J connectivity index is 0.000000224. The third-order valence-electron chi connectivity index (χ3n) is 2.80. The van der Waals surface area contributed by atoms with E-state index in [9.17, 15) is 9.59 Å². The molecule has 2 N–H and O–H groups in total. The smallest absolute Gasteiger partial charge is 0.305 e. The molecule has 0 aliphatic heterocycles. The molecule has 0 saturated heterocycles. The molecule has 0 unspecified atom stereocenters. The molecule has 0 radical (unpaired) electrons. The lowest BCUT2D eigenvalue weighted by atomic mass is 10.1. The van der Waals surface area contributed by atoms with Crippen LogP contribution in [0.25, 0.3) is 0 Å². The first kappa shape index (κ1) is 17.7. The van der Waals surface area contributed by atoms with Crippen LogP contribution in [0.5, 0.6) is 0 Å². The van der Waals surface area contributed by atoms with Crippen molar-refractivity contribution in [2.24, 2.45) is 5.73 Å². The second-order valence-corrected chi connectivity index (χ2v) is 4.87. The van der Waals surface area contributed by atoms with Crippen molar-refractivity contribution in [3.05, 3.63) is 70.7 Å². The Kier molecular flexibility index (Phi) is 7.72. The van der Waals surface area contributed by atoms with Gasteiger partial charge in [-0.1, -0.05) is 48.0 Å². The molecule has 0 spiro atoms. The quantitative estimate of drug-likeness (QED) is 0.880. The summed E-state index contributed by atoms with van der Waals surface area (Å²) in [4.78, 5) is 21.3. The van der Waals surface area contributed by atoms with Crippen LogP contribution in [0, 0.1) is 0 Å². The molecule has 2 aromatic carbocycles. The lowest BCUT2D eigenvalue weighted by molar-refractivity contribution is -0.140. The van der Waals surface area contributed by atoms with Gasteiger partial charge in [0.2, 0.25) is 5.91 Å². The van der Waals surface area contributed by atoms with Crippen LogP contribution in [-0.4, -0.2) is 19.0 Å². The Morgan fingerprint density at radius 2 is 1.77 bits per heavy atom. The molecule has 0 saturated carbocycles. The number of carbonyl (C=O) groups excluding carboxylic acids is 2. The van der Waals surface area contributed by atoms with Gasteiger partial charge in [0.25, 0.3) is 0 Å². The van der Waals surface area contributed by atoms with Crippen molar-refractivity contribution in [1.82, 2.24) is 0 Å². The van der Waals surface area contributed by atoms with Crippen molar-refractivity contribution in [3.63, 3.8) is 0 Å². The minimum Gasteiger partial charge on any atom is -0.469 e. The van der Waals surface area contributed by atoms with E-state index >= 15 is 0 Å². The molecule has 116 valence electrons. The van der Waals surface area contributed by atoms with Gasteiger partial charge in [0, 0.05) is 17.0 Å². The molecule has 0 atom stereocenters. The van der Waals surface area contributed by atoms with Crippen molar-refractivity contribution in [2.75, 3.05) is 7.11 Å². The first-order valence-corrected chi connectivity index (χ1v) is 7.07. The van der Waals surface area contributed by atoms with E-state index in [1.807, 2.05) is 30.3 Å². The Labute approximate surface area is 134 Å². The predicted octanol–water partition coefficient (Wildman–Crippen LogP) is 3.23. The van der Waals surface area contributed by atoms with E-state index in [1.165, 1.54) is 18.7 Å². The zero-order valence-corrected chi connectivity index (χ0v) is 13.0. The Bertz CT molecular complexity index is 614. The van der Waals surface area contributed by atoms with E-state index in [0.717, 1.165) is 6.42 Å². The molecule has 0 aliphatic rings. The van der Waals surface area contributed by atoms with Crippen LogP contribution in [0.4, 0.5) is 0 Å². The predicted molar refractivity (Wildman–Crippen MR) is 86.7 cm³/mol. The minimum atomic E-state index is -0.456. The summed E-state index contributed by atoms with van der Waals surface area (Å²) in [5, 5.41) is 0.524. The number of esters is 1. The first-order chi connectivity index (χ1) is 10.5. The van der Waals surface area contributed by atoms with Gasteiger partial charge < -0.3 is 10.5 Å². The number of aryl methyl sites for hydroxylation is 1. The van der Waals surface area contributed by atoms with Crippen LogP contribution in [-0.2, 0) is 16.0 Å². The third kappa shape index (κ3) is 6.90. The molecular formula is C17H18ClNO3. The van der Waals surface area contributed by atoms with E-state index in [1.54, 1.807) is 18.2 Å². The van der Waals surface area contributed by atoms with Gasteiger partial charge >= 0.3 is 5.97 Å². The second-order valence-electron chi connectivity index (χ2n) is 4.44. The zero-order chi connectivity index (χ0) is 16.4. The molecule has 5 heteroatoms. The van der Waals surface area contributed by atoms with Crippen LogP contribution >= 0.6 is 11.6 Å². The molecule has 0 fully saturated rings. The Morgan fingerprint density at radius 3 is 2.27 bits per heavy atom. The standard InChI is InChI=1S/C10H12O2.C7H6ClNO/c1-12-10(11)8-7-9-5-3-2-4-6-9;8-6-3-1-2-5(4-6)7(9)10/h2-6H,7-8H2,1H3;1-4H,(H2,9,10). The second kappa shape index (κ2) is 9.58. The summed E-state index contributed by atoms with van der Waals surface area (Å²) in [7, 11) is 1.41. The highest BCUT2D eigenvalue weighted by atomic mass is 35.5. The fourth-order valence-corrected chi connectivity index (χ4v) is 1.83. The number of hydrogen-bond acceptors (Lipinski definition) is 3. The zero-order valence-electron chi connectivity index (χ0n) is 12.3. The van der Waals surface area contributed by atoms with Crippen molar-refractivity contribution < 1.29 is 14.3 Å². The molecule has 2 aromatic rings. The summed E-state index contributed by atoms with van der Waals surface area (Å²) in [6, 6.07) is 16.4. The summed E-state index contributed by atoms with van der Waals surface area (Å²) < 4.78 is 4.53. The van der Waals surface area contributed by atoms with Crippen LogP contribution in [0.2, 0.25) is 5.02 Å². The summed E-state index contributed by atoms with van der Waals surface area (Å²) in [6.45, 7) is 0. The number of rotatable bonds is 4. The molecule has 0 aliphatic carbocycles. The van der Waals surface area contributed by atoms with Crippen molar-refractivity contribution in [3.8, 4) is 0 Å². The summed E-state index contributed by atoms with van der Waals surface area (Å²) >= 11 is 5.58. The molecule has 22 heavy (non-hydrogen) atoms. The lowest BCUT2D eigenvalue weighted by Gasteiger charge is -1.98. The lowest BCUT2D eigenvalue weighted by Crippen LogP contribution is -2.10. The summed E-state index contributed by atoms with van der Waals surface area (Å²) in [5.41, 5.74) is 6.59. The SMILES string of the molecule is COC(=O)CCc1ccccc1.NC(=O)c1cccc(Cl)c1. The number of ether oxygens (including phenoxy) is 1. The van der Waals surface area contributed by atoms with Crippen LogP contribution in [0.15, 0.2) is 54.6 Å². The molecular weight excluding hydrogens is 302 g/mol. The highest BCUT2D eigenvalue weighted by molar-refractivity contribution is 6.30. The van der Waals surface area contributed by atoms with Crippen LogP contribution < -0.4 is 5.73 Å². The maximum Gasteiger partial charge on any atom is 0.305 e. The number of benzene rings is 2. The largest absolute Gasteiger partial charge is 0.469 e. The van der Waals surface area contributed by atoms with Gasteiger partial charge in [0.1, 0.15) is 0 Å². The highest BCUT2D eigenvalue weighted by Crippen LogP contribution is 2.09. The van der Waals surface area contributed by atoms with Crippen molar-refractivity contribution >= 4 is 23.5 Å². The monoisotopic (exact) mass is 319 g/mol. The average Bonchev–Trinajstić information content (AvgIpc) is 2.54. The number of methoxy groups -OCH3 is 1. The fraction of sp³-hybridized carbons (Fsp3) is 0.176. The molecule has 0 heterocycles. The normalized spacial score (nSPS) is 9.36. The van der Waals surface area contributed by atoms with E-state index < -0.39 is 5.91 Å². The molecule has 2 rings (SSSR count). The van der Waals surface area contributed by atoms with Gasteiger partial charge in [-0.05, 0) is 30.2 Å². The van der Waals surface area contributed by atoms with E-state index in [-0.39, 0.29) is 5.97 Å². The van der Waals surface area contributed by atoms with Gasteiger partial charge in [-0.15, -0.1) is 0 Å². The number of nitrogens with two attached hydrogens (primary N) is 1. The molecule has 0 aromatic heterocycles. The highest BCUT2D eigenvalue weighted by Gasteiger charge is 1.99. The van der Waals surface area contributed by atoms with Gasteiger partial charge in [-0.25, -0.2) is 0 Å². The van der Waals surface area contributed by atoms with E-state index in [4.69, 9.17) is 17.3 Å². The number of amides is 1.